The molecule has 0 aliphatic carbocycles. The van der Waals surface area contributed by atoms with Gasteiger partial charge in [-0.3, -0.25) is 4.79 Å². The van der Waals surface area contributed by atoms with Crippen molar-refractivity contribution in [2.75, 3.05) is 0 Å². The number of nitrogens with two attached hydrogens (primary N) is 1. The van der Waals surface area contributed by atoms with E-state index in [0.29, 0.717) is 10.6 Å². The van der Waals surface area contributed by atoms with Gasteiger partial charge < -0.3 is 5.73 Å². The summed E-state index contributed by atoms with van der Waals surface area (Å²) in [5.74, 6) is -0.393. The van der Waals surface area contributed by atoms with E-state index in [9.17, 15) is 4.79 Å². The van der Waals surface area contributed by atoms with Gasteiger partial charge in [0.1, 0.15) is 0 Å². The van der Waals surface area contributed by atoms with E-state index >= 15 is 0 Å². The summed E-state index contributed by atoms with van der Waals surface area (Å²) >= 11 is 5.95. The Morgan fingerprint density at radius 3 is 2.05 bits per heavy atom. The van der Waals surface area contributed by atoms with Gasteiger partial charge in [0.25, 0.3) is 0 Å². The van der Waals surface area contributed by atoms with Crippen molar-refractivity contribution in [3.05, 3.63) is 70.2 Å². The average Bonchev–Trinajstić information content (AvgIpc) is 2.45. The van der Waals surface area contributed by atoms with E-state index in [0.717, 1.165) is 11.1 Å². The fourth-order valence-corrected chi connectivity index (χ4v) is 4.11. The third kappa shape index (κ3) is 3.87. The highest BCUT2D eigenvalue weighted by molar-refractivity contribution is 6.94. The minimum Gasteiger partial charge on any atom is -0.366 e. The molecule has 2 N–H and O–H groups in total. The molecule has 0 aromatic heterocycles. The minimum absolute atomic E-state index is 0.393. The second kappa shape index (κ2) is 6.51. The van der Waals surface area contributed by atoms with Crippen molar-refractivity contribution < 1.29 is 4.79 Å². The second-order valence-electron chi connectivity index (χ2n) is 6.27. The molecule has 0 radical (unpaired) electrons. The molecule has 2 aromatic rings. The quantitative estimate of drug-likeness (QED) is 0.632. The van der Waals surface area contributed by atoms with Gasteiger partial charge in [0.15, 0.2) is 0 Å². The summed E-state index contributed by atoms with van der Waals surface area (Å²) in [6, 6.07) is 15.2. The molecular formula is C18H20ClNOSi. The van der Waals surface area contributed by atoms with E-state index in [1.54, 1.807) is 6.07 Å². The van der Waals surface area contributed by atoms with E-state index in [1.165, 1.54) is 5.20 Å². The summed E-state index contributed by atoms with van der Waals surface area (Å²) in [7, 11) is -1.68. The van der Waals surface area contributed by atoms with Gasteiger partial charge in [0, 0.05) is 10.6 Å². The van der Waals surface area contributed by atoms with Gasteiger partial charge in [-0.15, -0.1) is 0 Å². The van der Waals surface area contributed by atoms with E-state index in [-0.39, 0.29) is 0 Å². The molecule has 0 bridgehead atoms. The summed E-state index contributed by atoms with van der Waals surface area (Å²) in [6.07, 6.45) is 2.14. The number of hydrogen-bond donors (Lipinski definition) is 1. The number of amides is 1. The Bertz CT molecular complexity index is 715. The van der Waals surface area contributed by atoms with Gasteiger partial charge in [-0.1, -0.05) is 72.8 Å². The average molecular weight is 330 g/mol. The van der Waals surface area contributed by atoms with Crippen molar-refractivity contribution in [2.45, 2.75) is 19.6 Å². The maximum atomic E-state index is 11.7. The van der Waals surface area contributed by atoms with Crippen LogP contribution in [0.5, 0.6) is 0 Å². The predicted octanol–water partition coefficient (Wildman–Crippen LogP) is 4.86. The Morgan fingerprint density at radius 1 is 1.00 bits per heavy atom. The second-order valence-corrected chi connectivity index (χ2v) is 11.7. The molecule has 2 aromatic carbocycles. The fourth-order valence-electron chi connectivity index (χ4n) is 2.36. The first kappa shape index (κ1) is 16.5. The van der Waals surface area contributed by atoms with Crippen LogP contribution in [-0.4, -0.2) is 14.0 Å². The number of carbonyl (C=O) groups excluding carboxylic acids is 1. The van der Waals surface area contributed by atoms with Crippen LogP contribution in [0.1, 0.15) is 21.5 Å². The number of benzene rings is 2. The zero-order valence-corrected chi connectivity index (χ0v) is 14.8. The zero-order chi connectivity index (χ0) is 16.3. The van der Waals surface area contributed by atoms with Crippen LogP contribution in [0.25, 0.3) is 11.3 Å². The predicted molar refractivity (Wildman–Crippen MR) is 97.6 cm³/mol. The van der Waals surface area contributed by atoms with Crippen molar-refractivity contribution in [1.29, 1.82) is 0 Å². The van der Waals surface area contributed by atoms with Crippen molar-refractivity contribution in [3.8, 4) is 0 Å². The number of halogens is 1. The van der Waals surface area contributed by atoms with Crippen LogP contribution in [0.2, 0.25) is 24.7 Å². The Hall–Kier alpha value is -1.84. The number of carbonyl (C=O) groups is 1. The first-order valence-electron chi connectivity index (χ1n) is 7.16. The standard InChI is InChI=1S/C18H20ClNOSi/c1-22(2,3)17(12-13-8-10-14(19)11-9-13)15-6-4-5-7-16(15)18(20)21/h4-12H,1-3H3,(H2,20,21)/b17-12-. The topological polar surface area (TPSA) is 43.1 Å². The van der Waals surface area contributed by atoms with Gasteiger partial charge in [-0.25, -0.2) is 0 Å². The highest BCUT2D eigenvalue weighted by atomic mass is 35.5. The number of primary amides is 1. The van der Waals surface area contributed by atoms with Gasteiger partial charge in [-0.05, 0) is 29.3 Å². The van der Waals surface area contributed by atoms with Crippen LogP contribution in [0.15, 0.2) is 48.5 Å². The molecule has 0 aliphatic heterocycles. The van der Waals surface area contributed by atoms with E-state index in [4.69, 9.17) is 17.3 Å². The van der Waals surface area contributed by atoms with Gasteiger partial charge in [-0.2, -0.15) is 0 Å². The number of rotatable bonds is 4. The summed E-state index contributed by atoms with van der Waals surface area (Å²) in [5.41, 5.74) is 8.12. The maximum Gasteiger partial charge on any atom is 0.249 e. The summed E-state index contributed by atoms with van der Waals surface area (Å²) in [6.45, 7) is 6.77. The summed E-state index contributed by atoms with van der Waals surface area (Å²) in [4.78, 5) is 11.7. The molecule has 0 atom stereocenters. The summed E-state index contributed by atoms with van der Waals surface area (Å²) in [5, 5.41) is 1.91. The van der Waals surface area contributed by atoms with Crippen molar-refractivity contribution in [2.24, 2.45) is 5.73 Å². The molecule has 0 spiro atoms. The van der Waals surface area contributed by atoms with Crippen molar-refractivity contribution in [3.63, 3.8) is 0 Å². The van der Waals surface area contributed by atoms with Crippen LogP contribution in [0, 0.1) is 0 Å². The normalized spacial score (nSPS) is 12.3. The Morgan fingerprint density at radius 2 is 1.55 bits per heavy atom. The molecule has 0 aliphatic rings. The minimum atomic E-state index is -1.68. The third-order valence-corrected chi connectivity index (χ3v) is 5.75. The van der Waals surface area contributed by atoms with Crippen LogP contribution < -0.4 is 5.73 Å². The van der Waals surface area contributed by atoms with Crippen molar-refractivity contribution >= 4 is 36.9 Å². The first-order valence-corrected chi connectivity index (χ1v) is 11.0. The third-order valence-electron chi connectivity index (χ3n) is 3.47. The molecule has 0 fully saturated rings. The van der Waals surface area contributed by atoms with E-state index in [2.05, 4.69) is 25.7 Å². The molecule has 22 heavy (non-hydrogen) atoms. The zero-order valence-electron chi connectivity index (χ0n) is 13.1. The number of hydrogen-bond acceptors (Lipinski definition) is 1. The molecule has 2 nitrogen and oxygen atoms in total. The molecule has 114 valence electrons. The Labute approximate surface area is 137 Å². The SMILES string of the molecule is C[Si](C)(C)/C(=C\c1ccc(Cl)cc1)c1ccccc1C(N)=O. The van der Waals surface area contributed by atoms with Crippen LogP contribution >= 0.6 is 11.6 Å². The molecular weight excluding hydrogens is 310 g/mol. The molecule has 2 rings (SSSR count). The fraction of sp³-hybridized carbons (Fsp3) is 0.167. The van der Waals surface area contributed by atoms with Crippen LogP contribution in [-0.2, 0) is 0 Å². The molecule has 0 saturated heterocycles. The lowest BCUT2D eigenvalue weighted by Gasteiger charge is -2.23. The largest absolute Gasteiger partial charge is 0.366 e. The lowest BCUT2D eigenvalue weighted by molar-refractivity contribution is 0.1000. The van der Waals surface area contributed by atoms with Gasteiger partial charge >= 0.3 is 0 Å². The van der Waals surface area contributed by atoms with Gasteiger partial charge in [0.05, 0.1) is 8.07 Å². The highest BCUT2D eigenvalue weighted by Gasteiger charge is 2.24. The van der Waals surface area contributed by atoms with E-state index < -0.39 is 14.0 Å². The van der Waals surface area contributed by atoms with Crippen LogP contribution in [0.4, 0.5) is 0 Å². The Balaban J connectivity index is 2.62. The monoisotopic (exact) mass is 329 g/mol. The van der Waals surface area contributed by atoms with Crippen LogP contribution in [0.3, 0.4) is 0 Å². The lowest BCUT2D eigenvalue weighted by atomic mass is 10.0. The molecule has 0 saturated carbocycles. The molecule has 0 unspecified atom stereocenters. The maximum absolute atomic E-state index is 11.7. The smallest absolute Gasteiger partial charge is 0.249 e. The first-order chi connectivity index (χ1) is 10.3. The molecule has 4 heteroatoms. The van der Waals surface area contributed by atoms with E-state index in [1.807, 2.05) is 42.5 Å². The Kier molecular flexibility index (Phi) is 4.89. The lowest BCUT2D eigenvalue weighted by Crippen LogP contribution is -2.25. The summed E-state index contributed by atoms with van der Waals surface area (Å²) < 4.78 is 0. The highest BCUT2D eigenvalue weighted by Crippen LogP contribution is 2.30. The van der Waals surface area contributed by atoms with Gasteiger partial charge in [0.2, 0.25) is 5.91 Å². The molecule has 0 heterocycles. The van der Waals surface area contributed by atoms with Crippen molar-refractivity contribution in [1.82, 2.24) is 0 Å². The molecule has 1 amide bonds.